The molecule has 1 heterocycles. The maximum absolute atomic E-state index is 13.0. The lowest BCUT2D eigenvalue weighted by molar-refractivity contribution is 0.520. The molecule has 0 atom stereocenters. The van der Waals surface area contributed by atoms with Gasteiger partial charge in [0.25, 0.3) is 0 Å². The first kappa shape index (κ1) is 10.8. The summed E-state index contributed by atoms with van der Waals surface area (Å²) in [6, 6.07) is 7.63. The average molecular weight is 232 g/mol. The van der Waals surface area contributed by atoms with Gasteiger partial charge in [-0.1, -0.05) is 12.8 Å². The van der Waals surface area contributed by atoms with Crippen molar-refractivity contribution in [1.29, 1.82) is 0 Å². The molecule has 2 N–H and O–H groups in total. The second-order valence-corrected chi connectivity index (χ2v) is 4.89. The maximum Gasteiger partial charge on any atom is 0.125 e. The van der Waals surface area contributed by atoms with Gasteiger partial charge in [0.05, 0.1) is 0 Å². The third kappa shape index (κ3) is 2.34. The fourth-order valence-corrected chi connectivity index (χ4v) is 2.64. The molecule has 1 aromatic carbocycles. The summed E-state index contributed by atoms with van der Waals surface area (Å²) < 4.78 is 13.0. The molecule has 0 spiro atoms. The molecule has 0 aliphatic heterocycles. The number of fused-ring (bicyclic) bond motifs is 1. The van der Waals surface area contributed by atoms with Gasteiger partial charge in [-0.25, -0.2) is 4.39 Å². The van der Waals surface area contributed by atoms with Gasteiger partial charge in [-0.3, -0.25) is 0 Å². The van der Waals surface area contributed by atoms with Crippen LogP contribution in [0.25, 0.3) is 10.9 Å². The average Bonchev–Trinajstić information content (AvgIpc) is 2.94. The molecule has 0 saturated heterocycles. The lowest BCUT2D eigenvalue weighted by Gasteiger charge is -2.10. The topological polar surface area (TPSA) is 27.8 Å². The quantitative estimate of drug-likeness (QED) is 0.834. The van der Waals surface area contributed by atoms with Crippen LogP contribution in [0.15, 0.2) is 24.3 Å². The fourth-order valence-electron chi connectivity index (χ4n) is 2.64. The Balaban J connectivity index is 1.72. The number of benzene rings is 1. The monoisotopic (exact) mass is 232 g/mol. The largest absolute Gasteiger partial charge is 0.357 e. The van der Waals surface area contributed by atoms with Crippen molar-refractivity contribution in [2.24, 2.45) is 0 Å². The van der Waals surface area contributed by atoms with Crippen LogP contribution >= 0.6 is 0 Å². The molecule has 2 aromatic rings. The highest BCUT2D eigenvalue weighted by molar-refractivity contribution is 5.80. The first-order valence-electron chi connectivity index (χ1n) is 6.32. The highest BCUT2D eigenvalue weighted by atomic mass is 19.1. The summed E-state index contributed by atoms with van der Waals surface area (Å²) in [4.78, 5) is 3.26. The molecule has 1 fully saturated rings. The van der Waals surface area contributed by atoms with Crippen LogP contribution in [0.4, 0.5) is 4.39 Å². The number of hydrogen-bond donors (Lipinski definition) is 2. The molecule has 1 aromatic heterocycles. The van der Waals surface area contributed by atoms with Crippen molar-refractivity contribution < 1.29 is 4.39 Å². The molecule has 3 heteroatoms. The van der Waals surface area contributed by atoms with E-state index in [2.05, 4.69) is 16.4 Å². The normalized spacial score (nSPS) is 17.0. The zero-order valence-electron chi connectivity index (χ0n) is 9.80. The van der Waals surface area contributed by atoms with Crippen LogP contribution in [0.2, 0.25) is 0 Å². The lowest BCUT2D eigenvalue weighted by Crippen LogP contribution is -2.25. The predicted octanol–water partition coefficient (Wildman–Crippen LogP) is 3.34. The Morgan fingerprint density at radius 1 is 1.24 bits per heavy atom. The van der Waals surface area contributed by atoms with Crippen molar-refractivity contribution in [2.75, 3.05) is 0 Å². The van der Waals surface area contributed by atoms with Crippen molar-refractivity contribution in [3.8, 4) is 0 Å². The van der Waals surface area contributed by atoms with Crippen LogP contribution in [0.3, 0.4) is 0 Å². The smallest absolute Gasteiger partial charge is 0.125 e. The van der Waals surface area contributed by atoms with Crippen molar-refractivity contribution in [3.05, 3.63) is 35.8 Å². The first-order valence-corrected chi connectivity index (χ1v) is 6.32. The molecule has 0 amide bonds. The van der Waals surface area contributed by atoms with E-state index in [0.29, 0.717) is 6.04 Å². The SMILES string of the molecule is Fc1ccc2cc(CNC3CCCC3)[nH]c2c1. The summed E-state index contributed by atoms with van der Waals surface area (Å²) in [6.07, 6.45) is 5.26. The van der Waals surface area contributed by atoms with Gasteiger partial charge in [0.1, 0.15) is 5.82 Å². The third-order valence-corrected chi connectivity index (χ3v) is 3.58. The molecule has 2 nitrogen and oxygen atoms in total. The van der Waals surface area contributed by atoms with E-state index in [1.807, 2.05) is 6.07 Å². The van der Waals surface area contributed by atoms with E-state index in [4.69, 9.17) is 0 Å². The van der Waals surface area contributed by atoms with Gasteiger partial charge in [0.15, 0.2) is 0 Å². The Bertz CT molecular complexity index is 512. The number of aromatic amines is 1. The van der Waals surface area contributed by atoms with E-state index in [1.54, 1.807) is 6.07 Å². The van der Waals surface area contributed by atoms with E-state index in [9.17, 15) is 4.39 Å². The highest BCUT2D eigenvalue weighted by Gasteiger charge is 2.14. The van der Waals surface area contributed by atoms with Gasteiger partial charge >= 0.3 is 0 Å². The number of nitrogens with one attached hydrogen (secondary N) is 2. The van der Waals surface area contributed by atoms with E-state index in [1.165, 1.54) is 31.7 Å². The molecule has 0 bridgehead atoms. The number of rotatable bonds is 3. The van der Waals surface area contributed by atoms with Crippen LogP contribution in [0.5, 0.6) is 0 Å². The Kier molecular flexibility index (Phi) is 2.85. The van der Waals surface area contributed by atoms with Gasteiger partial charge in [-0.2, -0.15) is 0 Å². The standard InChI is InChI=1S/C14H17FN2/c15-11-6-5-10-7-13(17-14(10)8-11)9-16-12-3-1-2-4-12/h5-8,12,16-17H,1-4,9H2. The Morgan fingerprint density at radius 2 is 2.06 bits per heavy atom. The summed E-state index contributed by atoms with van der Waals surface area (Å²) in [5, 5.41) is 4.63. The Hall–Kier alpha value is -1.35. The van der Waals surface area contributed by atoms with E-state index >= 15 is 0 Å². The van der Waals surface area contributed by atoms with Crippen LogP contribution in [-0.4, -0.2) is 11.0 Å². The van der Waals surface area contributed by atoms with Crippen molar-refractivity contribution in [3.63, 3.8) is 0 Å². The fraction of sp³-hybridized carbons (Fsp3) is 0.429. The van der Waals surface area contributed by atoms with Gasteiger partial charge < -0.3 is 10.3 Å². The van der Waals surface area contributed by atoms with Gasteiger partial charge in [0, 0.05) is 23.8 Å². The minimum atomic E-state index is -0.186. The second-order valence-electron chi connectivity index (χ2n) is 4.89. The Morgan fingerprint density at radius 3 is 2.88 bits per heavy atom. The van der Waals surface area contributed by atoms with Crippen LogP contribution < -0.4 is 5.32 Å². The van der Waals surface area contributed by atoms with Gasteiger partial charge in [-0.05, 0) is 42.5 Å². The molecule has 0 radical (unpaired) electrons. The molecule has 1 aliphatic rings. The molecule has 17 heavy (non-hydrogen) atoms. The summed E-state index contributed by atoms with van der Waals surface area (Å²) in [5.41, 5.74) is 2.02. The number of H-pyrrole nitrogens is 1. The lowest BCUT2D eigenvalue weighted by atomic mass is 10.2. The van der Waals surface area contributed by atoms with Crippen LogP contribution in [0, 0.1) is 5.82 Å². The maximum atomic E-state index is 13.0. The summed E-state index contributed by atoms with van der Waals surface area (Å²) >= 11 is 0. The summed E-state index contributed by atoms with van der Waals surface area (Å²) in [5.74, 6) is -0.186. The minimum Gasteiger partial charge on any atom is -0.357 e. The third-order valence-electron chi connectivity index (χ3n) is 3.58. The van der Waals surface area contributed by atoms with Crippen molar-refractivity contribution >= 4 is 10.9 Å². The van der Waals surface area contributed by atoms with Crippen molar-refractivity contribution in [2.45, 2.75) is 38.3 Å². The number of aromatic nitrogens is 1. The van der Waals surface area contributed by atoms with Crippen molar-refractivity contribution in [1.82, 2.24) is 10.3 Å². The summed E-state index contributed by atoms with van der Waals surface area (Å²) in [7, 11) is 0. The highest BCUT2D eigenvalue weighted by Crippen LogP contribution is 2.19. The molecule has 1 saturated carbocycles. The summed E-state index contributed by atoms with van der Waals surface area (Å²) in [6.45, 7) is 0.848. The number of halogens is 1. The zero-order valence-corrected chi connectivity index (χ0v) is 9.80. The molecule has 3 rings (SSSR count). The van der Waals surface area contributed by atoms with E-state index < -0.39 is 0 Å². The second kappa shape index (κ2) is 4.49. The molecular formula is C14H17FN2. The molecular weight excluding hydrogens is 215 g/mol. The zero-order chi connectivity index (χ0) is 11.7. The first-order chi connectivity index (χ1) is 8.31. The predicted molar refractivity (Wildman–Crippen MR) is 67.4 cm³/mol. The Labute approximate surface area is 100 Å². The number of hydrogen-bond acceptors (Lipinski definition) is 1. The van der Waals surface area contributed by atoms with Gasteiger partial charge in [-0.15, -0.1) is 0 Å². The minimum absolute atomic E-state index is 0.186. The van der Waals surface area contributed by atoms with Crippen LogP contribution in [-0.2, 0) is 6.54 Å². The van der Waals surface area contributed by atoms with E-state index in [0.717, 1.165) is 23.1 Å². The van der Waals surface area contributed by atoms with Crippen LogP contribution in [0.1, 0.15) is 31.4 Å². The van der Waals surface area contributed by atoms with E-state index in [-0.39, 0.29) is 5.82 Å². The molecule has 1 aliphatic carbocycles. The molecule has 0 unspecified atom stereocenters. The molecule has 90 valence electrons. The van der Waals surface area contributed by atoms with Gasteiger partial charge in [0.2, 0.25) is 0 Å².